The first-order valence-electron chi connectivity index (χ1n) is 5.95. The second-order valence-electron chi connectivity index (χ2n) is 4.55. The lowest BCUT2D eigenvalue weighted by molar-refractivity contribution is -0.384. The number of hydrogen-bond donors (Lipinski definition) is 1. The quantitative estimate of drug-likeness (QED) is 0.673. The third-order valence-electron chi connectivity index (χ3n) is 3.25. The van der Waals surface area contributed by atoms with Gasteiger partial charge in [-0.2, -0.15) is 0 Å². The van der Waals surface area contributed by atoms with Crippen LogP contribution in [0.4, 0.5) is 11.4 Å². The smallest absolute Gasteiger partial charge is 0.294 e. The fraction of sp³-hybridized carbons (Fsp3) is 0.500. The number of nitro groups is 1. The number of nitrogens with one attached hydrogen (secondary N) is 1. The molecule has 1 aromatic carbocycles. The molecule has 1 aliphatic heterocycles. The molecule has 0 saturated carbocycles. The van der Waals surface area contributed by atoms with Crippen LogP contribution in [0.3, 0.4) is 0 Å². The summed E-state index contributed by atoms with van der Waals surface area (Å²) in [5.41, 5.74) is 0.760. The summed E-state index contributed by atoms with van der Waals surface area (Å²) in [6.45, 7) is 2.65. The summed E-state index contributed by atoms with van der Waals surface area (Å²) in [6, 6.07) is 4.86. The van der Waals surface area contributed by atoms with Gasteiger partial charge in [0.25, 0.3) is 5.69 Å². The van der Waals surface area contributed by atoms with Gasteiger partial charge in [-0.1, -0.05) is 11.6 Å². The Hall–Kier alpha value is -1.33. The molecule has 0 spiro atoms. The Balaban J connectivity index is 2.21. The second-order valence-corrected chi connectivity index (χ2v) is 4.98. The van der Waals surface area contributed by atoms with E-state index in [-0.39, 0.29) is 10.6 Å². The van der Waals surface area contributed by atoms with Crippen LogP contribution in [-0.2, 0) is 0 Å². The van der Waals surface area contributed by atoms with Crippen molar-refractivity contribution in [3.05, 3.63) is 33.3 Å². The predicted molar refractivity (Wildman–Crippen MR) is 72.4 cm³/mol. The molecule has 0 amide bonds. The largest absolute Gasteiger partial charge is 0.366 e. The van der Waals surface area contributed by atoms with Gasteiger partial charge >= 0.3 is 0 Å². The number of nitrogens with zero attached hydrogens (tertiary/aromatic N) is 2. The summed E-state index contributed by atoms with van der Waals surface area (Å²) in [5.74, 6) is 0.547. The van der Waals surface area contributed by atoms with Crippen LogP contribution in [0.2, 0.25) is 5.02 Å². The maximum atomic E-state index is 11.0. The van der Waals surface area contributed by atoms with Crippen molar-refractivity contribution in [2.75, 3.05) is 31.6 Å². The Kier molecular flexibility index (Phi) is 4.04. The van der Waals surface area contributed by atoms with Gasteiger partial charge in [0.1, 0.15) is 5.69 Å². The van der Waals surface area contributed by atoms with Crippen molar-refractivity contribution in [3.63, 3.8) is 0 Å². The first kappa shape index (κ1) is 13.1. The average Bonchev–Trinajstić information content (AvgIpc) is 2.78. The van der Waals surface area contributed by atoms with E-state index >= 15 is 0 Å². The number of halogens is 1. The molecule has 0 aromatic heterocycles. The first-order valence-corrected chi connectivity index (χ1v) is 6.33. The molecule has 1 N–H and O–H groups in total. The Labute approximate surface area is 111 Å². The normalized spacial score (nSPS) is 19.2. The Morgan fingerprint density at radius 3 is 3.06 bits per heavy atom. The minimum absolute atomic E-state index is 0.0904. The molecule has 1 fully saturated rings. The molecule has 6 heteroatoms. The van der Waals surface area contributed by atoms with E-state index in [1.165, 1.54) is 6.07 Å². The molecule has 1 aliphatic rings. The van der Waals surface area contributed by atoms with Crippen LogP contribution in [-0.4, -0.2) is 31.6 Å². The molecule has 0 bridgehead atoms. The topological polar surface area (TPSA) is 58.4 Å². The van der Waals surface area contributed by atoms with E-state index in [9.17, 15) is 10.1 Å². The molecule has 2 rings (SSSR count). The highest BCUT2D eigenvalue weighted by atomic mass is 35.5. The monoisotopic (exact) mass is 269 g/mol. The summed E-state index contributed by atoms with van der Waals surface area (Å²) >= 11 is 5.81. The van der Waals surface area contributed by atoms with Gasteiger partial charge in [0.2, 0.25) is 0 Å². The number of anilines is 1. The van der Waals surface area contributed by atoms with Crippen LogP contribution in [0.5, 0.6) is 0 Å². The van der Waals surface area contributed by atoms with E-state index in [0.717, 1.165) is 26.1 Å². The molecule has 0 aliphatic carbocycles. The third kappa shape index (κ3) is 2.73. The van der Waals surface area contributed by atoms with Crippen LogP contribution < -0.4 is 10.2 Å². The Morgan fingerprint density at radius 2 is 2.39 bits per heavy atom. The SMILES string of the molecule is CNCC1CCN(c2ccc(Cl)cc2[N+](=O)[O-])C1. The van der Waals surface area contributed by atoms with E-state index in [0.29, 0.717) is 16.6 Å². The third-order valence-corrected chi connectivity index (χ3v) is 3.49. The molecule has 98 valence electrons. The molecule has 18 heavy (non-hydrogen) atoms. The standard InChI is InChI=1S/C12H16ClN3O2/c1-14-7-9-4-5-15(8-9)11-3-2-10(13)6-12(11)16(17)18/h2-3,6,9,14H,4-5,7-8H2,1H3. The Morgan fingerprint density at radius 1 is 1.61 bits per heavy atom. The summed E-state index contributed by atoms with van der Waals surface area (Å²) in [4.78, 5) is 12.7. The van der Waals surface area contributed by atoms with Gasteiger partial charge in [-0.3, -0.25) is 10.1 Å². The van der Waals surface area contributed by atoms with E-state index in [1.54, 1.807) is 12.1 Å². The summed E-state index contributed by atoms with van der Waals surface area (Å²) in [6.07, 6.45) is 1.06. The maximum Gasteiger partial charge on any atom is 0.294 e. The van der Waals surface area contributed by atoms with Crippen molar-refractivity contribution in [1.29, 1.82) is 0 Å². The number of hydrogen-bond acceptors (Lipinski definition) is 4. The second kappa shape index (κ2) is 5.54. The zero-order valence-corrected chi connectivity index (χ0v) is 11.0. The first-order chi connectivity index (χ1) is 8.61. The van der Waals surface area contributed by atoms with Gasteiger partial charge < -0.3 is 10.2 Å². The number of benzene rings is 1. The average molecular weight is 270 g/mol. The molecule has 1 heterocycles. The lowest BCUT2D eigenvalue weighted by atomic mass is 10.1. The summed E-state index contributed by atoms with van der Waals surface area (Å²) in [7, 11) is 1.92. The lowest BCUT2D eigenvalue weighted by Crippen LogP contribution is -2.24. The van der Waals surface area contributed by atoms with Gasteiger partial charge in [0, 0.05) is 24.2 Å². The van der Waals surface area contributed by atoms with Crippen LogP contribution in [0.15, 0.2) is 18.2 Å². The molecular weight excluding hydrogens is 254 g/mol. The van der Waals surface area contributed by atoms with Crippen LogP contribution >= 0.6 is 11.6 Å². The fourth-order valence-corrected chi connectivity index (χ4v) is 2.58. The zero-order chi connectivity index (χ0) is 13.1. The fourth-order valence-electron chi connectivity index (χ4n) is 2.42. The highest BCUT2D eigenvalue weighted by Crippen LogP contribution is 2.34. The van der Waals surface area contributed by atoms with Crippen molar-refractivity contribution in [3.8, 4) is 0 Å². The van der Waals surface area contributed by atoms with E-state index in [2.05, 4.69) is 10.2 Å². The van der Waals surface area contributed by atoms with E-state index < -0.39 is 0 Å². The zero-order valence-electron chi connectivity index (χ0n) is 10.2. The van der Waals surface area contributed by atoms with Crippen LogP contribution in [0.25, 0.3) is 0 Å². The molecule has 1 aromatic rings. The summed E-state index contributed by atoms with van der Waals surface area (Å²) < 4.78 is 0. The van der Waals surface area contributed by atoms with E-state index in [1.807, 2.05) is 7.05 Å². The molecule has 5 nitrogen and oxygen atoms in total. The molecule has 1 unspecified atom stereocenters. The van der Waals surface area contributed by atoms with Gasteiger partial charge in [-0.05, 0) is 38.1 Å². The molecular formula is C12H16ClN3O2. The molecule has 0 radical (unpaired) electrons. The van der Waals surface area contributed by atoms with Gasteiger partial charge in [-0.25, -0.2) is 0 Å². The van der Waals surface area contributed by atoms with Gasteiger partial charge in [0.15, 0.2) is 0 Å². The minimum atomic E-state index is -0.368. The van der Waals surface area contributed by atoms with Crippen LogP contribution in [0, 0.1) is 16.0 Å². The lowest BCUT2D eigenvalue weighted by Gasteiger charge is -2.18. The predicted octanol–water partition coefficient (Wildman–Crippen LogP) is 2.29. The number of rotatable bonds is 4. The van der Waals surface area contributed by atoms with Gasteiger partial charge in [0.05, 0.1) is 4.92 Å². The van der Waals surface area contributed by atoms with Crippen molar-refractivity contribution >= 4 is 23.0 Å². The van der Waals surface area contributed by atoms with Crippen molar-refractivity contribution in [1.82, 2.24) is 5.32 Å². The molecule has 1 atom stereocenters. The molecule has 1 saturated heterocycles. The summed E-state index contributed by atoms with van der Waals surface area (Å²) in [5, 5.41) is 14.6. The van der Waals surface area contributed by atoms with Gasteiger partial charge in [-0.15, -0.1) is 0 Å². The van der Waals surface area contributed by atoms with Crippen molar-refractivity contribution in [2.45, 2.75) is 6.42 Å². The maximum absolute atomic E-state index is 11.0. The highest BCUT2D eigenvalue weighted by Gasteiger charge is 2.27. The minimum Gasteiger partial charge on any atom is -0.366 e. The highest BCUT2D eigenvalue weighted by molar-refractivity contribution is 6.30. The van der Waals surface area contributed by atoms with Crippen molar-refractivity contribution in [2.24, 2.45) is 5.92 Å². The van der Waals surface area contributed by atoms with E-state index in [4.69, 9.17) is 11.6 Å². The number of nitro benzene ring substituents is 1. The Bertz CT molecular complexity index is 453. The van der Waals surface area contributed by atoms with Crippen molar-refractivity contribution < 1.29 is 4.92 Å². The van der Waals surface area contributed by atoms with Crippen LogP contribution in [0.1, 0.15) is 6.42 Å².